The van der Waals surface area contributed by atoms with Gasteiger partial charge in [-0.25, -0.2) is 0 Å². The van der Waals surface area contributed by atoms with Crippen LogP contribution < -0.4 is 5.56 Å². The molecule has 0 spiro atoms. The van der Waals surface area contributed by atoms with Crippen LogP contribution in [0.25, 0.3) is 32.7 Å². The van der Waals surface area contributed by atoms with Crippen LogP contribution in [0.2, 0.25) is 0 Å². The molecule has 0 amide bonds. The smallest absolute Gasteiger partial charge is 0.256 e. The van der Waals surface area contributed by atoms with E-state index >= 15 is 0 Å². The van der Waals surface area contributed by atoms with Gasteiger partial charge in [-0.2, -0.15) is 0 Å². The minimum Gasteiger partial charge on any atom is -0.342 e. The number of hydrogen-bond acceptors (Lipinski definition) is 1. The van der Waals surface area contributed by atoms with Crippen LogP contribution in [-0.2, 0) is 7.05 Å². The predicted octanol–water partition coefficient (Wildman–Crippen LogP) is 3.48. The van der Waals surface area contributed by atoms with E-state index in [2.05, 4.69) is 41.7 Å². The van der Waals surface area contributed by atoms with Crippen LogP contribution in [0, 0.1) is 6.92 Å². The van der Waals surface area contributed by atoms with Gasteiger partial charge in [-0.15, -0.1) is 0 Å². The first kappa shape index (κ1) is 11.3. The van der Waals surface area contributed by atoms with E-state index in [1.165, 1.54) is 5.56 Å². The zero-order valence-corrected chi connectivity index (χ0v) is 11.4. The summed E-state index contributed by atoms with van der Waals surface area (Å²) in [6.07, 6.45) is 0. The molecule has 2 aromatic heterocycles. The third-order valence-electron chi connectivity index (χ3n) is 4.02. The molecule has 0 atom stereocenters. The van der Waals surface area contributed by atoms with E-state index in [4.69, 9.17) is 0 Å². The Morgan fingerprint density at radius 1 is 1.00 bits per heavy atom. The molecule has 1 N–H and O–H groups in total. The third kappa shape index (κ3) is 1.32. The topological polar surface area (TPSA) is 37.8 Å². The Hall–Kier alpha value is -2.55. The summed E-state index contributed by atoms with van der Waals surface area (Å²) in [4.78, 5) is 15.3. The van der Waals surface area contributed by atoms with Crippen molar-refractivity contribution in [2.24, 2.45) is 7.05 Å². The average Bonchev–Trinajstić information content (AvgIpc) is 2.72. The number of benzene rings is 2. The first-order valence-corrected chi connectivity index (χ1v) is 6.66. The molecule has 2 aromatic carbocycles. The zero-order chi connectivity index (χ0) is 13.9. The van der Waals surface area contributed by atoms with Crippen LogP contribution in [0.1, 0.15) is 5.56 Å². The number of hydrogen-bond donors (Lipinski definition) is 1. The summed E-state index contributed by atoms with van der Waals surface area (Å²) in [5, 5.41) is 2.83. The quantitative estimate of drug-likeness (QED) is 0.517. The molecule has 4 aromatic rings. The highest BCUT2D eigenvalue weighted by atomic mass is 16.1. The Morgan fingerprint density at radius 3 is 2.55 bits per heavy atom. The van der Waals surface area contributed by atoms with Gasteiger partial charge in [0, 0.05) is 23.2 Å². The summed E-state index contributed by atoms with van der Waals surface area (Å²) < 4.78 is 2.16. The Morgan fingerprint density at radius 2 is 1.75 bits per heavy atom. The van der Waals surface area contributed by atoms with Gasteiger partial charge in [-0.1, -0.05) is 30.3 Å². The fraction of sp³-hybridized carbons (Fsp3) is 0.118. The van der Waals surface area contributed by atoms with Crippen molar-refractivity contribution in [3.05, 3.63) is 58.4 Å². The monoisotopic (exact) mass is 262 g/mol. The van der Waals surface area contributed by atoms with E-state index in [0.717, 1.165) is 32.7 Å². The minimum absolute atomic E-state index is 0.0267. The van der Waals surface area contributed by atoms with Crippen molar-refractivity contribution in [1.29, 1.82) is 0 Å². The van der Waals surface area contributed by atoms with Crippen molar-refractivity contribution in [2.75, 3.05) is 0 Å². The molecule has 0 radical (unpaired) electrons. The molecule has 0 fully saturated rings. The highest BCUT2D eigenvalue weighted by molar-refractivity contribution is 6.15. The van der Waals surface area contributed by atoms with Gasteiger partial charge in [0.2, 0.25) is 0 Å². The molecule has 98 valence electrons. The van der Waals surface area contributed by atoms with Crippen LogP contribution >= 0.6 is 0 Å². The number of pyridine rings is 1. The summed E-state index contributed by atoms with van der Waals surface area (Å²) in [7, 11) is 2.05. The first-order chi connectivity index (χ1) is 9.66. The molecule has 0 bridgehead atoms. The third-order valence-corrected chi connectivity index (χ3v) is 4.02. The van der Waals surface area contributed by atoms with E-state index in [0.29, 0.717) is 0 Å². The van der Waals surface area contributed by atoms with E-state index in [1.54, 1.807) is 0 Å². The number of nitrogens with zero attached hydrogens (tertiary/aromatic N) is 1. The van der Waals surface area contributed by atoms with Crippen LogP contribution in [0.5, 0.6) is 0 Å². The molecule has 3 heteroatoms. The molecule has 2 heterocycles. The molecule has 0 aliphatic heterocycles. The lowest BCUT2D eigenvalue weighted by Gasteiger charge is -2.02. The number of aromatic amines is 1. The number of H-pyrrole nitrogens is 1. The van der Waals surface area contributed by atoms with Crippen molar-refractivity contribution < 1.29 is 0 Å². The molecular formula is C17H14N2O. The lowest BCUT2D eigenvalue weighted by Crippen LogP contribution is -2.06. The highest BCUT2D eigenvalue weighted by Gasteiger charge is 2.13. The van der Waals surface area contributed by atoms with Crippen molar-refractivity contribution in [3.8, 4) is 0 Å². The van der Waals surface area contributed by atoms with Gasteiger partial charge in [0.25, 0.3) is 5.56 Å². The molecule has 0 aliphatic rings. The molecule has 3 nitrogen and oxygen atoms in total. The standard InChI is InChI=1S/C17H14N2O/c1-10-7-8-13-14(9-10)19(2)16-11-5-3-4-6-12(11)17(20)18-15(13)16/h3-9H,1-2H3,(H,18,20). The maximum absolute atomic E-state index is 12.2. The van der Waals surface area contributed by atoms with Gasteiger partial charge < -0.3 is 9.55 Å². The van der Waals surface area contributed by atoms with Crippen LogP contribution in [0.15, 0.2) is 47.3 Å². The van der Waals surface area contributed by atoms with Gasteiger partial charge in [-0.05, 0) is 24.6 Å². The van der Waals surface area contributed by atoms with Crippen LogP contribution in [0.4, 0.5) is 0 Å². The highest BCUT2D eigenvalue weighted by Crippen LogP contribution is 2.30. The van der Waals surface area contributed by atoms with Crippen molar-refractivity contribution in [2.45, 2.75) is 6.92 Å². The minimum atomic E-state index is -0.0267. The number of rotatable bonds is 0. The number of aromatic nitrogens is 2. The maximum Gasteiger partial charge on any atom is 0.256 e. The molecule has 0 saturated carbocycles. The van der Waals surface area contributed by atoms with Crippen LogP contribution in [0.3, 0.4) is 0 Å². The number of fused-ring (bicyclic) bond motifs is 5. The van der Waals surface area contributed by atoms with E-state index in [9.17, 15) is 4.79 Å². The summed E-state index contributed by atoms with van der Waals surface area (Å²) in [5.74, 6) is 0. The van der Waals surface area contributed by atoms with Crippen molar-refractivity contribution in [3.63, 3.8) is 0 Å². The lowest BCUT2D eigenvalue weighted by molar-refractivity contribution is 1.02. The fourth-order valence-corrected chi connectivity index (χ4v) is 3.06. The second-order valence-corrected chi connectivity index (χ2v) is 5.30. The average molecular weight is 262 g/mol. The summed E-state index contributed by atoms with van der Waals surface area (Å²) in [6, 6.07) is 14.1. The van der Waals surface area contributed by atoms with Gasteiger partial charge in [0.15, 0.2) is 0 Å². The first-order valence-electron chi connectivity index (χ1n) is 6.66. The normalized spacial score (nSPS) is 11.7. The Bertz CT molecular complexity index is 1040. The lowest BCUT2D eigenvalue weighted by atomic mass is 10.1. The summed E-state index contributed by atoms with van der Waals surface area (Å²) in [6.45, 7) is 2.08. The molecule has 0 aliphatic carbocycles. The second-order valence-electron chi connectivity index (χ2n) is 5.30. The van der Waals surface area contributed by atoms with Crippen molar-refractivity contribution >= 4 is 32.7 Å². The fourth-order valence-electron chi connectivity index (χ4n) is 3.06. The SMILES string of the molecule is Cc1ccc2c3[nH]c(=O)c4ccccc4c3n(C)c2c1. The van der Waals surface area contributed by atoms with Gasteiger partial charge in [0.1, 0.15) is 0 Å². The Kier molecular flexibility index (Phi) is 2.11. The van der Waals surface area contributed by atoms with Gasteiger partial charge >= 0.3 is 0 Å². The summed E-state index contributed by atoms with van der Waals surface area (Å²) in [5.41, 5.74) is 4.34. The number of aryl methyl sites for hydroxylation is 2. The van der Waals surface area contributed by atoms with E-state index < -0.39 is 0 Å². The van der Waals surface area contributed by atoms with Gasteiger partial charge in [0.05, 0.1) is 16.6 Å². The zero-order valence-electron chi connectivity index (χ0n) is 11.4. The number of nitrogens with one attached hydrogen (secondary N) is 1. The summed E-state index contributed by atoms with van der Waals surface area (Å²) >= 11 is 0. The largest absolute Gasteiger partial charge is 0.342 e. The van der Waals surface area contributed by atoms with Crippen LogP contribution in [-0.4, -0.2) is 9.55 Å². The van der Waals surface area contributed by atoms with Crippen molar-refractivity contribution in [1.82, 2.24) is 9.55 Å². The van der Waals surface area contributed by atoms with E-state index in [1.807, 2.05) is 24.3 Å². The second kappa shape index (κ2) is 3.73. The molecule has 0 saturated heterocycles. The van der Waals surface area contributed by atoms with Gasteiger partial charge in [-0.3, -0.25) is 4.79 Å². The Balaban J connectivity index is 2.41. The molecule has 4 rings (SSSR count). The Labute approximate surface area is 115 Å². The molecule has 20 heavy (non-hydrogen) atoms. The molecular weight excluding hydrogens is 248 g/mol. The maximum atomic E-state index is 12.2. The van der Waals surface area contributed by atoms with E-state index in [-0.39, 0.29) is 5.56 Å². The predicted molar refractivity (Wildman–Crippen MR) is 83.3 cm³/mol. The molecule has 0 unspecified atom stereocenters.